The van der Waals surface area contributed by atoms with Crippen molar-refractivity contribution in [2.24, 2.45) is 0 Å². The number of hydrogen-bond donors (Lipinski definition) is 2. The van der Waals surface area contributed by atoms with Crippen molar-refractivity contribution in [1.29, 1.82) is 0 Å². The highest BCUT2D eigenvalue weighted by Crippen LogP contribution is 2.15. The fraction of sp³-hybridized carbons (Fsp3) is 0.647. The Hall–Kier alpha value is -1.66. The first-order valence-corrected chi connectivity index (χ1v) is 7.87. The zero-order chi connectivity index (χ0) is 18.0. The first-order valence-electron chi connectivity index (χ1n) is 7.87. The smallest absolute Gasteiger partial charge is 0.338 e. The Morgan fingerprint density at radius 1 is 1.22 bits per heavy atom. The van der Waals surface area contributed by atoms with Crippen LogP contribution in [0.5, 0.6) is 0 Å². The van der Waals surface area contributed by atoms with E-state index in [1.165, 1.54) is 20.8 Å². The van der Waals surface area contributed by atoms with E-state index < -0.39 is 18.0 Å². The molecule has 0 aromatic rings. The molecule has 2 unspecified atom stereocenters. The van der Waals surface area contributed by atoms with Crippen LogP contribution in [0.2, 0.25) is 0 Å². The van der Waals surface area contributed by atoms with Crippen LogP contribution in [0.15, 0.2) is 23.5 Å². The van der Waals surface area contributed by atoms with E-state index in [4.69, 9.17) is 9.47 Å². The number of aliphatic hydroxyl groups is 1. The van der Waals surface area contributed by atoms with Gasteiger partial charge in [0.1, 0.15) is 12.4 Å². The van der Waals surface area contributed by atoms with Gasteiger partial charge in [0.2, 0.25) is 0 Å². The summed E-state index contributed by atoms with van der Waals surface area (Å²) in [7, 11) is 0. The summed E-state index contributed by atoms with van der Waals surface area (Å²) in [6.07, 6.45) is 1.24. The average molecular weight is 327 g/mol. The van der Waals surface area contributed by atoms with Crippen LogP contribution in [0.4, 0.5) is 0 Å². The van der Waals surface area contributed by atoms with E-state index in [1.54, 1.807) is 0 Å². The van der Waals surface area contributed by atoms with Gasteiger partial charge >= 0.3 is 11.9 Å². The summed E-state index contributed by atoms with van der Waals surface area (Å²) in [4.78, 5) is 23.8. The summed E-state index contributed by atoms with van der Waals surface area (Å²) in [6, 6.07) is -0.330. The molecule has 0 fully saturated rings. The molecule has 0 aliphatic rings. The van der Waals surface area contributed by atoms with Gasteiger partial charge in [-0.2, -0.15) is 0 Å². The van der Waals surface area contributed by atoms with E-state index in [-0.39, 0.29) is 29.6 Å². The highest BCUT2D eigenvalue weighted by atomic mass is 16.6. The third kappa shape index (κ3) is 8.52. The normalized spacial score (nSPS) is 14.5. The molecule has 0 saturated heterocycles. The minimum absolute atomic E-state index is 0.116. The molecule has 0 rings (SSSR count). The molecule has 0 aliphatic heterocycles. The molecule has 0 saturated carbocycles. The lowest BCUT2D eigenvalue weighted by molar-refractivity contribution is -0.142. The van der Waals surface area contributed by atoms with Crippen molar-refractivity contribution in [2.75, 3.05) is 13.2 Å². The van der Waals surface area contributed by atoms with E-state index >= 15 is 0 Å². The molecule has 2 atom stereocenters. The van der Waals surface area contributed by atoms with Gasteiger partial charge in [-0.1, -0.05) is 19.9 Å². The van der Waals surface area contributed by atoms with Crippen molar-refractivity contribution in [3.05, 3.63) is 23.5 Å². The van der Waals surface area contributed by atoms with Gasteiger partial charge in [0.05, 0.1) is 17.7 Å². The number of esters is 2. The predicted octanol–water partition coefficient (Wildman–Crippen LogP) is 2.08. The van der Waals surface area contributed by atoms with Gasteiger partial charge in [-0.3, -0.25) is 0 Å². The maximum absolute atomic E-state index is 12.0. The zero-order valence-corrected chi connectivity index (χ0v) is 14.8. The fourth-order valence-electron chi connectivity index (χ4n) is 1.67. The molecule has 0 aliphatic carbocycles. The molecular formula is C17H29NO5. The topological polar surface area (TPSA) is 84.9 Å². The largest absolute Gasteiger partial charge is 0.460 e. The number of ether oxygens (including phenoxy) is 2. The number of aliphatic hydroxyl groups excluding tert-OH is 1. The molecule has 23 heavy (non-hydrogen) atoms. The van der Waals surface area contributed by atoms with Crippen LogP contribution in [0.3, 0.4) is 0 Å². The molecule has 0 radical (unpaired) electrons. The second kappa shape index (κ2) is 11.0. The first-order chi connectivity index (χ1) is 10.7. The molecule has 0 heterocycles. The number of nitrogens with one attached hydrogen (secondary N) is 1. The van der Waals surface area contributed by atoms with Crippen LogP contribution in [-0.4, -0.2) is 42.3 Å². The van der Waals surface area contributed by atoms with E-state index in [1.807, 2.05) is 6.92 Å². The van der Waals surface area contributed by atoms with E-state index in [2.05, 4.69) is 18.8 Å². The molecule has 0 bridgehead atoms. The van der Waals surface area contributed by atoms with Gasteiger partial charge in [0.15, 0.2) is 0 Å². The van der Waals surface area contributed by atoms with Gasteiger partial charge in [-0.15, -0.1) is 0 Å². The lowest BCUT2D eigenvalue weighted by Crippen LogP contribution is -2.33. The van der Waals surface area contributed by atoms with Crippen molar-refractivity contribution in [2.45, 2.75) is 59.6 Å². The molecule has 6 nitrogen and oxygen atoms in total. The summed E-state index contributed by atoms with van der Waals surface area (Å²) in [5.74, 6) is -1.00. The highest BCUT2D eigenvalue weighted by Gasteiger charge is 2.22. The van der Waals surface area contributed by atoms with Crippen LogP contribution < -0.4 is 5.32 Å². The van der Waals surface area contributed by atoms with Gasteiger partial charge in [-0.25, -0.2) is 9.59 Å². The standard InChI is InChI=1S/C17H29NO5/c1-7-8-9-18-14(6)15(23-16(20)11(2)3)13(5)17(21)22-10-12(4)19/h12,14,18-19H,2,7-10H2,1,3-6H3/b15-13+. The number of unbranched alkanes of at least 4 members (excludes halogenated alkanes) is 1. The summed E-state index contributed by atoms with van der Waals surface area (Å²) >= 11 is 0. The lowest BCUT2D eigenvalue weighted by atomic mass is 10.1. The average Bonchev–Trinajstić information content (AvgIpc) is 2.49. The number of carbonyl (C=O) groups excluding carboxylic acids is 2. The third-order valence-corrected chi connectivity index (χ3v) is 3.06. The van der Waals surface area contributed by atoms with Crippen LogP contribution in [-0.2, 0) is 19.1 Å². The van der Waals surface area contributed by atoms with E-state index in [9.17, 15) is 14.7 Å². The van der Waals surface area contributed by atoms with Crippen molar-refractivity contribution in [3.63, 3.8) is 0 Å². The zero-order valence-electron chi connectivity index (χ0n) is 14.8. The van der Waals surface area contributed by atoms with Gasteiger partial charge < -0.3 is 19.9 Å². The van der Waals surface area contributed by atoms with Gasteiger partial charge in [0.25, 0.3) is 0 Å². The Morgan fingerprint density at radius 3 is 2.30 bits per heavy atom. The predicted molar refractivity (Wildman–Crippen MR) is 88.6 cm³/mol. The fourth-order valence-corrected chi connectivity index (χ4v) is 1.67. The maximum atomic E-state index is 12.0. The molecular weight excluding hydrogens is 298 g/mol. The number of rotatable bonds is 10. The first kappa shape index (κ1) is 21.3. The lowest BCUT2D eigenvalue weighted by Gasteiger charge is -2.20. The maximum Gasteiger partial charge on any atom is 0.338 e. The Bertz CT molecular complexity index is 454. The summed E-state index contributed by atoms with van der Waals surface area (Å²) < 4.78 is 10.3. The Labute approximate surface area is 138 Å². The van der Waals surface area contributed by atoms with Crippen LogP contribution in [0.1, 0.15) is 47.5 Å². The van der Waals surface area contributed by atoms with Crippen molar-refractivity contribution >= 4 is 11.9 Å². The third-order valence-electron chi connectivity index (χ3n) is 3.06. The van der Waals surface area contributed by atoms with E-state index in [0.717, 1.165) is 19.4 Å². The molecule has 0 aromatic carbocycles. The minimum Gasteiger partial charge on any atom is -0.460 e. The monoisotopic (exact) mass is 327 g/mol. The van der Waals surface area contributed by atoms with Crippen molar-refractivity contribution in [3.8, 4) is 0 Å². The van der Waals surface area contributed by atoms with E-state index in [0.29, 0.717) is 0 Å². The Balaban J connectivity index is 5.19. The number of hydrogen-bond acceptors (Lipinski definition) is 6. The van der Waals surface area contributed by atoms with Crippen molar-refractivity contribution < 1.29 is 24.2 Å². The molecule has 2 N–H and O–H groups in total. The van der Waals surface area contributed by atoms with Crippen LogP contribution >= 0.6 is 0 Å². The Morgan fingerprint density at radius 2 is 1.83 bits per heavy atom. The molecule has 132 valence electrons. The van der Waals surface area contributed by atoms with Gasteiger partial charge in [0, 0.05) is 5.57 Å². The van der Waals surface area contributed by atoms with Gasteiger partial charge in [-0.05, 0) is 40.7 Å². The second-order valence-electron chi connectivity index (χ2n) is 5.64. The Kier molecular flexibility index (Phi) is 10.2. The number of carbonyl (C=O) groups is 2. The molecule has 0 aromatic heterocycles. The summed E-state index contributed by atoms with van der Waals surface area (Å²) in [5.41, 5.74) is 0.435. The SMILES string of the molecule is C=C(C)C(=O)O/C(=C(\C)C(=O)OCC(C)O)C(C)NCCCC. The quantitative estimate of drug-likeness (QED) is 0.277. The molecule has 0 amide bonds. The highest BCUT2D eigenvalue weighted by molar-refractivity contribution is 5.91. The summed E-state index contributed by atoms with van der Waals surface area (Å²) in [5, 5.41) is 12.4. The summed E-state index contributed by atoms with van der Waals surface area (Å²) in [6.45, 7) is 12.6. The second-order valence-corrected chi connectivity index (χ2v) is 5.64. The van der Waals surface area contributed by atoms with Crippen LogP contribution in [0.25, 0.3) is 0 Å². The minimum atomic E-state index is -0.756. The molecule has 0 spiro atoms. The van der Waals surface area contributed by atoms with Crippen molar-refractivity contribution in [1.82, 2.24) is 5.32 Å². The van der Waals surface area contributed by atoms with Crippen LogP contribution in [0, 0.1) is 0 Å². The molecule has 6 heteroatoms.